The maximum Gasteiger partial charge on any atom is 0.322 e. The fraction of sp³-hybridized carbons (Fsp3) is 0.310. The largest absolute Gasteiger partial charge is 0.331 e. The van der Waals surface area contributed by atoms with Crippen molar-refractivity contribution in [2.24, 2.45) is 0 Å². The summed E-state index contributed by atoms with van der Waals surface area (Å²) in [5.74, 6) is 0. The zero-order valence-electron chi connectivity index (χ0n) is 20.3. The van der Waals surface area contributed by atoms with Gasteiger partial charge < -0.3 is 5.32 Å². The van der Waals surface area contributed by atoms with Gasteiger partial charge in [-0.1, -0.05) is 47.5 Å². The molecule has 1 saturated heterocycles. The topological polar surface area (TPSA) is 48.5 Å². The first kappa shape index (κ1) is 24.8. The molecule has 2 aromatic carbocycles. The van der Waals surface area contributed by atoms with Crippen LogP contribution in [0.15, 0.2) is 73.1 Å². The summed E-state index contributed by atoms with van der Waals surface area (Å²) in [5.41, 5.74) is 4.26. The number of anilines is 1. The molecule has 36 heavy (non-hydrogen) atoms. The van der Waals surface area contributed by atoms with Crippen LogP contribution in [0.25, 0.3) is 6.08 Å². The molecule has 2 aliphatic rings. The number of pyridine rings is 1. The van der Waals surface area contributed by atoms with E-state index < -0.39 is 0 Å². The molecule has 7 heteroatoms. The summed E-state index contributed by atoms with van der Waals surface area (Å²) in [5, 5.41) is 4.64. The monoisotopic (exact) mass is 520 g/mol. The Kier molecular flexibility index (Phi) is 7.33. The van der Waals surface area contributed by atoms with Crippen molar-refractivity contribution >= 4 is 41.0 Å². The Bertz CT molecular complexity index is 1240. The molecule has 2 aliphatic heterocycles. The van der Waals surface area contributed by atoms with Gasteiger partial charge in [0.2, 0.25) is 0 Å². The highest BCUT2D eigenvalue weighted by Crippen LogP contribution is 2.48. The molecule has 1 unspecified atom stereocenters. The first-order chi connectivity index (χ1) is 17.4. The number of urea groups is 1. The van der Waals surface area contributed by atoms with E-state index in [0.29, 0.717) is 11.6 Å². The SMILES string of the molecule is CC(NC(=O)N1CC2(CCN(CC=Cc3ccc(Cl)cc3)CC2)c2cc(Cl)ccc21)c1ccncc1. The Balaban J connectivity index is 1.26. The second-order valence-corrected chi connectivity index (χ2v) is 10.6. The van der Waals surface area contributed by atoms with E-state index in [2.05, 4.69) is 33.4 Å². The third-order valence-corrected chi connectivity index (χ3v) is 7.92. The molecule has 1 aromatic heterocycles. The number of nitrogens with one attached hydrogen (secondary N) is 1. The predicted octanol–water partition coefficient (Wildman–Crippen LogP) is 6.73. The number of hydrogen-bond acceptors (Lipinski definition) is 3. The van der Waals surface area contributed by atoms with Crippen LogP contribution in [0.5, 0.6) is 0 Å². The van der Waals surface area contributed by atoms with Crippen molar-refractivity contribution in [3.63, 3.8) is 0 Å². The summed E-state index contributed by atoms with van der Waals surface area (Å²) in [6.45, 7) is 5.51. The number of amides is 2. The van der Waals surface area contributed by atoms with Gasteiger partial charge >= 0.3 is 6.03 Å². The normalized spacial score (nSPS) is 17.9. The molecule has 2 amide bonds. The Labute approximate surface area is 222 Å². The van der Waals surface area contributed by atoms with Gasteiger partial charge in [-0.2, -0.15) is 0 Å². The molecule has 0 radical (unpaired) electrons. The molecule has 1 fully saturated rings. The molecular weight excluding hydrogens is 491 g/mol. The molecule has 5 rings (SSSR count). The maximum atomic E-state index is 13.4. The van der Waals surface area contributed by atoms with Gasteiger partial charge in [0.05, 0.1) is 6.04 Å². The molecule has 3 heterocycles. The number of halogens is 2. The average Bonchev–Trinajstić information content (AvgIpc) is 3.20. The minimum atomic E-state index is -0.109. The summed E-state index contributed by atoms with van der Waals surface area (Å²) in [6.07, 6.45) is 9.82. The van der Waals surface area contributed by atoms with E-state index >= 15 is 0 Å². The average molecular weight is 521 g/mol. The molecule has 0 saturated carbocycles. The van der Waals surface area contributed by atoms with Gasteiger partial charge in [-0.05, 0) is 92.0 Å². The van der Waals surface area contributed by atoms with E-state index in [1.807, 2.05) is 60.4 Å². The second-order valence-electron chi connectivity index (χ2n) is 9.73. The lowest BCUT2D eigenvalue weighted by Crippen LogP contribution is -2.48. The van der Waals surface area contributed by atoms with Crippen LogP contribution in [0, 0.1) is 0 Å². The van der Waals surface area contributed by atoms with E-state index in [1.54, 1.807) is 12.4 Å². The van der Waals surface area contributed by atoms with Crippen LogP contribution in [-0.4, -0.2) is 42.1 Å². The van der Waals surface area contributed by atoms with Crippen LogP contribution in [0.2, 0.25) is 10.0 Å². The number of hydrogen-bond donors (Lipinski definition) is 1. The van der Waals surface area contributed by atoms with Crippen LogP contribution in [0.3, 0.4) is 0 Å². The summed E-state index contributed by atoms with van der Waals surface area (Å²) in [7, 11) is 0. The summed E-state index contributed by atoms with van der Waals surface area (Å²) in [4.78, 5) is 21.8. The summed E-state index contributed by atoms with van der Waals surface area (Å²) in [6, 6.07) is 17.5. The number of aromatic nitrogens is 1. The Hall–Kier alpha value is -2.86. The van der Waals surface area contributed by atoms with Crippen molar-refractivity contribution in [3.8, 4) is 0 Å². The fourth-order valence-electron chi connectivity index (χ4n) is 5.32. The zero-order chi connectivity index (χ0) is 25.1. The number of piperidine rings is 1. The minimum Gasteiger partial charge on any atom is -0.331 e. The second kappa shape index (κ2) is 10.6. The highest BCUT2D eigenvalue weighted by molar-refractivity contribution is 6.31. The molecular formula is C29H30Cl2N4O. The van der Waals surface area contributed by atoms with E-state index in [-0.39, 0.29) is 17.5 Å². The zero-order valence-corrected chi connectivity index (χ0v) is 21.8. The molecule has 1 spiro atoms. The van der Waals surface area contributed by atoms with Crippen molar-refractivity contribution in [1.82, 2.24) is 15.2 Å². The van der Waals surface area contributed by atoms with Gasteiger partial charge in [-0.15, -0.1) is 0 Å². The van der Waals surface area contributed by atoms with Gasteiger partial charge in [-0.3, -0.25) is 14.8 Å². The number of nitrogens with zero attached hydrogens (tertiary/aromatic N) is 3. The molecule has 1 atom stereocenters. The minimum absolute atomic E-state index is 0.0755. The van der Waals surface area contributed by atoms with Crippen molar-refractivity contribution < 1.29 is 4.79 Å². The molecule has 186 valence electrons. The van der Waals surface area contributed by atoms with Crippen LogP contribution in [-0.2, 0) is 5.41 Å². The molecule has 1 N–H and O–H groups in total. The van der Waals surface area contributed by atoms with E-state index in [1.165, 1.54) is 5.56 Å². The van der Waals surface area contributed by atoms with Gasteiger partial charge in [-0.25, -0.2) is 4.79 Å². The molecule has 0 aliphatic carbocycles. The standard InChI is InChI=1S/C29H30Cl2N4O/c1-21(23-10-14-32-15-11-23)33-28(36)35-20-29(26-19-25(31)8-9-27(26)35)12-17-34(18-13-29)16-2-3-22-4-6-24(30)7-5-22/h2-11,14-15,19,21H,12-13,16-18,20H2,1H3,(H,33,36). The van der Waals surface area contributed by atoms with Crippen molar-refractivity contribution in [1.29, 1.82) is 0 Å². The number of carbonyl (C=O) groups excluding carboxylic acids is 1. The number of fused-ring (bicyclic) bond motifs is 2. The predicted molar refractivity (Wildman–Crippen MR) is 148 cm³/mol. The van der Waals surface area contributed by atoms with E-state index in [9.17, 15) is 4.79 Å². The summed E-state index contributed by atoms with van der Waals surface area (Å²) < 4.78 is 0. The molecule has 5 nitrogen and oxygen atoms in total. The molecule has 0 bridgehead atoms. The Morgan fingerprint density at radius 2 is 1.75 bits per heavy atom. The van der Waals surface area contributed by atoms with Crippen LogP contribution in [0.1, 0.15) is 42.5 Å². The number of benzene rings is 2. The molecule has 3 aromatic rings. The third-order valence-electron chi connectivity index (χ3n) is 7.43. The lowest BCUT2D eigenvalue weighted by atomic mass is 9.74. The number of carbonyl (C=O) groups is 1. The first-order valence-corrected chi connectivity index (χ1v) is 13.1. The highest BCUT2D eigenvalue weighted by Gasteiger charge is 2.46. The third kappa shape index (κ3) is 5.29. The maximum absolute atomic E-state index is 13.4. The van der Waals surface area contributed by atoms with Crippen molar-refractivity contribution in [2.45, 2.75) is 31.2 Å². The van der Waals surface area contributed by atoms with Crippen LogP contribution >= 0.6 is 23.2 Å². The van der Waals surface area contributed by atoms with Gasteiger partial charge in [0.1, 0.15) is 0 Å². The van der Waals surface area contributed by atoms with Crippen molar-refractivity contribution in [3.05, 3.63) is 99.8 Å². The number of rotatable bonds is 5. The lowest BCUT2D eigenvalue weighted by molar-refractivity contribution is 0.180. The first-order valence-electron chi connectivity index (χ1n) is 12.4. The van der Waals surface area contributed by atoms with Crippen LogP contribution in [0.4, 0.5) is 10.5 Å². The highest BCUT2D eigenvalue weighted by atomic mass is 35.5. The number of likely N-dealkylation sites (tertiary alicyclic amines) is 1. The quantitative estimate of drug-likeness (QED) is 0.405. The lowest BCUT2D eigenvalue weighted by Gasteiger charge is -2.39. The Morgan fingerprint density at radius 3 is 2.47 bits per heavy atom. The van der Waals surface area contributed by atoms with Crippen molar-refractivity contribution in [2.75, 3.05) is 31.1 Å². The smallest absolute Gasteiger partial charge is 0.322 e. The van der Waals surface area contributed by atoms with E-state index in [0.717, 1.165) is 54.3 Å². The summed E-state index contributed by atoms with van der Waals surface area (Å²) >= 11 is 12.4. The van der Waals surface area contributed by atoms with E-state index in [4.69, 9.17) is 23.2 Å². The van der Waals surface area contributed by atoms with Gasteiger partial charge in [0, 0.05) is 46.6 Å². The van der Waals surface area contributed by atoms with Gasteiger partial charge in [0.15, 0.2) is 0 Å². The Morgan fingerprint density at radius 1 is 1.06 bits per heavy atom. The van der Waals surface area contributed by atoms with Crippen LogP contribution < -0.4 is 10.2 Å². The fourth-order valence-corrected chi connectivity index (χ4v) is 5.62. The van der Waals surface area contributed by atoms with Gasteiger partial charge in [0.25, 0.3) is 0 Å².